The number of aryl methyl sites for hydroxylation is 1. The topological polar surface area (TPSA) is 100 Å². The molecule has 1 saturated heterocycles. The number of piperidine rings is 1. The predicted molar refractivity (Wildman–Crippen MR) is 175 cm³/mol. The summed E-state index contributed by atoms with van der Waals surface area (Å²) in [6, 6.07) is 16.4. The van der Waals surface area contributed by atoms with Crippen molar-refractivity contribution in [1.29, 1.82) is 0 Å². The number of hydroxylamine groups is 2. The number of carbonyl (C=O) groups excluding carboxylic acids is 2. The molecule has 0 spiro atoms. The summed E-state index contributed by atoms with van der Waals surface area (Å²) in [5.41, 5.74) is 5.45. The van der Waals surface area contributed by atoms with E-state index >= 15 is 0 Å². The average Bonchev–Trinajstić information content (AvgIpc) is 3.34. The van der Waals surface area contributed by atoms with Crippen molar-refractivity contribution < 1.29 is 24.3 Å². The summed E-state index contributed by atoms with van der Waals surface area (Å²) in [5, 5.41) is 17.9. The van der Waals surface area contributed by atoms with Crippen molar-refractivity contribution >= 4 is 33.7 Å². The van der Waals surface area contributed by atoms with E-state index < -0.39 is 17.9 Å². The van der Waals surface area contributed by atoms with E-state index in [1.165, 1.54) is 5.56 Å². The molecule has 45 heavy (non-hydrogen) atoms. The van der Waals surface area contributed by atoms with Crippen LogP contribution in [0.3, 0.4) is 0 Å². The molecule has 2 aromatic carbocycles. The maximum atomic E-state index is 12.9. The van der Waals surface area contributed by atoms with E-state index in [-0.39, 0.29) is 11.9 Å². The number of halogens is 1. The maximum absolute atomic E-state index is 12.9. The van der Waals surface area contributed by atoms with Crippen LogP contribution in [0.15, 0.2) is 53.0 Å². The van der Waals surface area contributed by atoms with E-state index in [0.717, 1.165) is 65.0 Å². The number of anilines is 1. The summed E-state index contributed by atoms with van der Waals surface area (Å²) >= 11 is 3.51. The largest absolute Gasteiger partial charge is 0.528 e. The highest BCUT2D eigenvalue weighted by molar-refractivity contribution is 9.10. The monoisotopic (exact) mass is 679 g/mol. The van der Waals surface area contributed by atoms with Crippen LogP contribution in [0, 0.1) is 0 Å². The van der Waals surface area contributed by atoms with Gasteiger partial charge in [-0.1, -0.05) is 46.3 Å². The molecule has 11 heteroatoms. The quantitative estimate of drug-likeness (QED) is 0.334. The van der Waals surface area contributed by atoms with Gasteiger partial charge in [0.15, 0.2) is 0 Å². The molecule has 1 atom stereocenters. The summed E-state index contributed by atoms with van der Waals surface area (Å²) in [6.07, 6.45) is 2.42. The maximum Gasteiger partial charge on any atom is 0.528 e. The molecule has 3 aliphatic rings. The number of hydrogen-bond acceptors (Lipinski definition) is 8. The zero-order chi connectivity index (χ0) is 31.7. The number of β-amino-alcohol motifs (C(OH)–C–C–N with tert-alkyl or cyclic N) is 1. The Morgan fingerprint density at radius 2 is 1.76 bits per heavy atom. The van der Waals surface area contributed by atoms with Crippen molar-refractivity contribution in [2.45, 2.75) is 83.7 Å². The Hall–Kier alpha value is -3.25. The third-order valence-electron chi connectivity index (χ3n) is 8.71. The van der Waals surface area contributed by atoms with Crippen LogP contribution in [0.2, 0.25) is 0 Å². The Labute approximate surface area is 273 Å². The van der Waals surface area contributed by atoms with Gasteiger partial charge in [0.25, 0.3) is 0 Å². The van der Waals surface area contributed by atoms with Crippen molar-refractivity contribution in [1.82, 2.24) is 19.7 Å². The van der Waals surface area contributed by atoms with Crippen molar-refractivity contribution in [3.63, 3.8) is 0 Å². The van der Waals surface area contributed by atoms with Gasteiger partial charge in [-0.05, 0) is 63.8 Å². The molecule has 0 bridgehead atoms. The number of likely N-dealkylation sites (tertiary alicyclic amines) is 1. The second-order valence-corrected chi connectivity index (χ2v) is 14.1. The third-order valence-corrected chi connectivity index (χ3v) is 9.24. The number of fused-ring (bicyclic) bond motifs is 2. The molecule has 4 heterocycles. The number of para-hydroxylation sites is 1. The minimum Gasteiger partial charge on any atom is -0.427 e. The average molecular weight is 681 g/mol. The standard InChI is InChI=1S/C34H42BrN5O5/c1-34(2,3)44-33(43)45-38-19-16-30-28(22-38)32(24-8-11-25(35)12-9-24)36-39(30)21-27(41)20-37-17-14-26(15-18-37)40-29-7-5-4-6-23(29)10-13-31(40)42/h4-9,11-12,26-27,41H,10,13-22H2,1-3H3. The molecular formula is C34H42BrN5O5. The van der Waals surface area contributed by atoms with Crippen LogP contribution in [0.5, 0.6) is 0 Å². The molecule has 1 fully saturated rings. The second-order valence-electron chi connectivity index (χ2n) is 13.2. The number of rotatable bonds is 7. The molecule has 3 aromatic rings. The van der Waals surface area contributed by atoms with Gasteiger partial charge in [-0.2, -0.15) is 5.10 Å². The zero-order valence-electron chi connectivity index (χ0n) is 26.2. The highest BCUT2D eigenvalue weighted by atomic mass is 79.9. The van der Waals surface area contributed by atoms with Gasteiger partial charge in [0, 0.05) is 72.0 Å². The van der Waals surface area contributed by atoms with Crippen LogP contribution in [-0.2, 0) is 40.3 Å². The number of aliphatic hydroxyl groups is 1. The van der Waals surface area contributed by atoms with Crippen LogP contribution >= 0.6 is 15.9 Å². The Balaban J connectivity index is 1.11. The number of hydrogen-bond donors (Lipinski definition) is 1. The first-order valence-electron chi connectivity index (χ1n) is 15.8. The molecule has 6 rings (SSSR count). The molecule has 3 aliphatic heterocycles. The SMILES string of the molecule is CC(C)(C)OC(=O)ON1CCc2c(c(-c3ccc(Br)cc3)nn2CC(O)CN2CCC(N3C(=O)CCc4ccccc43)CC2)C1. The number of aromatic nitrogens is 2. The lowest BCUT2D eigenvalue weighted by atomic mass is 9.95. The first-order valence-corrected chi connectivity index (χ1v) is 16.6. The minimum atomic E-state index is -0.725. The molecule has 1 amide bonds. The molecule has 1 unspecified atom stereocenters. The van der Waals surface area contributed by atoms with Gasteiger partial charge >= 0.3 is 6.16 Å². The second kappa shape index (κ2) is 13.2. The fourth-order valence-corrected chi connectivity index (χ4v) is 6.94. The molecular weight excluding hydrogens is 638 g/mol. The molecule has 1 aromatic heterocycles. The van der Waals surface area contributed by atoms with Gasteiger partial charge in [0.1, 0.15) is 5.60 Å². The van der Waals surface area contributed by atoms with Crippen LogP contribution in [0.25, 0.3) is 11.3 Å². The van der Waals surface area contributed by atoms with Gasteiger partial charge in [-0.15, -0.1) is 5.06 Å². The summed E-state index contributed by atoms with van der Waals surface area (Å²) in [6.45, 7) is 8.85. The van der Waals surface area contributed by atoms with E-state index in [1.54, 1.807) is 25.8 Å². The number of benzene rings is 2. The smallest absolute Gasteiger partial charge is 0.427 e. The van der Waals surface area contributed by atoms with Crippen molar-refractivity contribution in [3.8, 4) is 11.3 Å². The lowest BCUT2D eigenvalue weighted by Gasteiger charge is -2.41. The van der Waals surface area contributed by atoms with E-state index in [2.05, 4.69) is 33.0 Å². The van der Waals surface area contributed by atoms with E-state index in [4.69, 9.17) is 14.7 Å². The van der Waals surface area contributed by atoms with Crippen LogP contribution < -0.4 is 4.90 Å². The summed E-state index contributed by atoms with van der Waals surface area (Å²) in [4.78, 5) is 35.2. The zero-order valence-corrected chi connectivity index (χ0v) is 27.8. The number of amides is 1. The molecule has 0 saturated carbocycles. The number of carbonyl (C=O) groups is 2. The first-order chi connectivity index (χ1) is 21.5. The van der Waals surface area contributed by atoms with Gasteiger partial charge in [-0.3, -0.25) is 9.48 Å². The summed E-state index contributed by atoms with van der Waals surface area (Å²) in [5.74, 6) is 0.215. The number of ether oxygens (including phenoxy) is 1. The van der Waals surface area contributed by atoms with Gasteiger partial charge in [-0.25, -0.2) is 4.79 Å². The normalized spacial score (nSPS) is 18.8. The third kappa shape index (κ3) is 7.43. The van der Waals surface area contributed by atoms with Crippen LogP contribution in [-0.4, -0.2) is 80.8 Å². The molecule has 0 aliphatic carbocycles. The van der Waals surface area contributed by atoms with Gasteiger partial charge in [0.2, 0.25) is 5.91 Å². The Bertz CT molecular complexity index is 1530. The number of aliphatic hydroxyl groups excluding tert-OH is 1. The van der Waals surface area contributed by atoms with Crippen LogP contribution in [0.4, 0.5) is 10.5 Å². The Morgan fingerprint density at radius 3 is 2.49 bits per heavy atom. The van der Waals surface area contributed by atoms with Crippen molar-refractivity contribution in [3.05, 3.63) is 69.8 Å². The molecule has 1 N–H and O–H groups in total. The summed E-state index contributed by atoms with van der Waals surface area (Å²) < 4.78 is 8.27. The Morgan fingerprint density at radius 1 is 1.02 bits per heavy atom. The highest BCUT2D eigenvalue weighted by Gasteiger charge is 2.34. The van der Waals surface area contributed by atoms with E-state index in [0.29, 0.717) is 39.0 Å². The van der Waals surface area contributed by atoms with Gasteiger partial charge < -0.3 is 24.5 Å². The Kier molecular flexibility index (Phi) is 9.33. The highest BCUT2D eigenvalue weighted by Crippen LogP contribution is 2.33. The molecule has 10 nitrogen and oxygen atoms in total. The number of nitrogens with zero attached hydrogens (tertiary/aromatic N) is 5. The van der Waals surface area contributed by atoms with E-state index in [9.17, 15) is 14.7 Å². The lowest BCUT2D eigenvalue weighted by Crippen LogP contribution is -2.50. The van der Waals surface area contributed by atoms with Crippen molar-refractivity contribution in [2.24, 2.45) is 0 Å². The first kappa shape index (κ1) is 31.7. The fraction of sp³-hybridized carbons (Fsp3) is 0.500. The van der Waals surface area contributed by atoms with Crippen LogP contribution in [0.1, 0.15) is 56.9 Å². The molecule has 0 radical (unpaired) electrons. The van der Waals surface area contributed by atoms with E-state index in [1.807, 2.05) is 46.0 Å². The van der Waals surface area contributed by atoms with Crippen molar-refractivity contribution in [2.75, 3.05) is 31.1 Å². The fourth-order valence-electron chi connectivity index (χ4n) is 6.68. The predicted octanol–water partition coefficient (Wildman–Crippen LogP) is 5.34. The summed E-state index contributed by atoms with van der Waals surface area (Å²) in [7, 11) is 0. The van der Waals surface area contributed by atoms with Gasteiger partial charge in [0.05, 0.1) is 24.9 Å². The lowest BCUT2D eigenvalue weighted by molar-refractivity contribution is -0.151. The minimum absolute atomic E-state index is 0.185. The molecule has 240 valence electrons.